The molecule has 0 aromatic heterocycles. The van der Waals surface area contributed by atoms with E-state index in [1.807, 2.05) is 37.3 Å². The Bertz CT molecular complexity index is 401. The molecule has 0 spiro atoms. The zero-order valence-electron chi connectivity index (χ0n) is 10.8. The van der Waals surface area contributed by atoms with E-state index in [9.17, 15) is 9.90 Å². The van der Waals surface area contributed by atoms with Crippen LogP contribution in [0.3, 0.4) is 0 Å². The molecule has 0 aliphatic heterocycles. The Labute approximate surface area is 108 Å². The van der Waals surface area contributed by atoms with Crippen LogP contribution in [0.15, 0.2) is 30.3 Å². The van der Waals surface area contributed by atoms with E-state index < -0.39 is 0 Å². The maximum atomic E-state index is 11.8. The summed E-state index contributed by atoms with van der Waals surface area (Å²) < 4.78 is 5.25. The first kappa shape index (κ1) is 13.1. The molecule has 1 aromatic carbocycles. The van der Waals surface area contributed by atoms with E-state index in [4.69, 9.17) is 4.74 Å². The van der Waals surface area contributed by atoms with Gasteiger partial charge in [0.2, 0.25) is 0 Å². The molecule has 2 atom stereocenters. The monoisotopic (exact) mass is 248 g/mol. The molecule has 98 valence electrons. The fourth-order valence-electron chi connectivity index (χ4n) is 2.54. The minimum Gasteiger partial charge on any atom is -0.461 e. The topological polar surface area (TPSA) is 46.5 Å². The molecule has 0 bridgehead atoms. The first-order valence-corrected chi connectivity index (χ1v) is 6.48. The van der Waals surface area contributed by atoms with Gasteiger partial charge in [0.15, 0.2) is 0 Å². The van der Waals surface area contributed by atoms with E-state index in [1.54, 1.807) is 0 Å². The van der Waals surface area contributed by atoms with Crippen LogP contribution < -0.4 is 0 Å². The summed E-state index contributed by atoms with van der Waals surface area (Å²) in [5, 5.41) is 9.87. The molecular formula is C15H20O3. The standard InChI is InChI=1S/C15H20O3/c1-15(9-5-8-13(15)16)10-14(17)18-11-12-6-3-2-4-7-12/h2-4,6-7,13,16H,5,8-11H2,1H3. The van der Waals surface area contributed by atoms with Crippen molar-refractivity contribution >= 4 is 5.97 Å². The van der Waals surface area contributed by atoms with Gasteiger partial charge in [-0.2, -0.15) is 0 Å². The third kappa shape index (κ3) is 3.10. The molecule has 0 saturated heterocycles. The van der Waals surface area contributed by atoms with Crippen molar-refractivity contribution < 1.29 is 14.6 Å². The summed E-state index contributed by atoms with van der Waals surface area (Å²) in [6, 6.07) is 9.64. The highest BCUT2D eigenvalue weighted by Gasteiger charge is 2.39. The van der Waals surface area contributed by atoms with E-state index in [0.29, 0.717) is 13.0 Å². The second kappa shape index (κ2) is 5.53. The third-order valence-electron chi connectivity index (χ3n) is 3.82. The quantitative estimate of drug-likeness (QED) is 0.833. The lowest BCUT2D eigenvalue weighted by Gasteiger charge is -2.26. The highest BCUT2D eigenvalue weighted by atomic mass is 16.5. The predicted molar refractivity (Wildman–Crippen MR) is 68.8 cm³/mol. The van der Waals surface area contributed by atoms with Crippen molar-refractivity contribution in [2.24, 2.45) is 5.41 Å². The highest BCUT2D eigenvalue weighted by Crippen LogP contribution is 2.41. The molecule has 0 heterocycles. The van der Waals surface area contributed by atoms with Gasteiger partial charge < -0.3 is 9.84 Å². The molecule has 2 unspecified atom stereocenters. The number of esters is 1. The molecule has 1 aliphatic carbocycles. The van der Waals surface area contributed by atoms with E-state index in [2.05, 4.69) is 0 Å². The summed E-state index contributed by atoms with van der Waals surface area (Å²) >= 11 is 0. The van der Waals surface area contributed by atoms with Crippen molar-refractivity contribution in [3.63, 3.8) is 0 Å². The Kier molecular flexibility index (Phi) is 4.02. The molecule has 1 saturated carbocycles. The van der Waals surface area contributed by atoms with Crippen LogP contribution in [0, 0.1) is 5.41 Å². The number of hydrogen-bond donors (Lipinski definition) is 1. The summed E-state index contributed by atoms with van der Waals surface area (Å²) in [7, 11) is 0. The van der Waals surface area contributed by atoms with Crippen LogP contribution in [0.25, 0.3) is 0 Å². The van der Waals surface area contributed by atoms with Gasteiger partial charge in [0.05, 0.1) is 12.5 Å². The normalized spacial score (nSPS) is 27.1. The van der Waals surface area contributed by atoms with Crippen molar-refractivity contribution in [1.29, 1.82) is 0 Å². The highest BCUT2D eigenvalue weighted by molar-refractivity contribution is 5.70. The van der Waals surface area contributed by atoms with Gasteiger partial charge in [-0.3, -0.25) is 4.79 Å². The van der Waals surface area contributed by atoms with Gasteiger partial charge in [-0.05, 0) is 18.4 Å². The second-order valence-corrected chi connectivity index (χ2v) is 5.39. The summed E-state index contributed by atoms with van der Waals surface area (Å²) in [6.07, 6.45) is 2.61. The Morgan fingerprint density at radius 3 is 2.78 bits per heavy atom. The molecule has 1 N–H and O–H groups in total. The van der Waals surface area contributed by atoms with E-state index in [0.717, 1.165) is 24.8 Å². The number of ether oxygens (including phenoxy) is 1. The molecule has 18 heavy (non-hydrogen) atoms. The lowest BCUT2D eigenvalue weighted by atomic mass is 9.83. The molecule has 3 nitrogen and oxygen atoms in total. The van der Waals surface area contributed by atoms with Crippen molar-refractivity contribution in [3.8, 4) is 0 Å². The molecule has 1 aromatic rings. The number of carbonyl (C=O) groups excluding carboxylic acids is 1. The largest absolute Gasteiger partial charge is 0.461 e. The average molecular weight is 248 g/mol. The summed E-state index contributed by atoms with van der Waals surface area (Å²) in [4.78, 5) is 11.8. The molecule has 1 aliphatic rings. The number of aliphatic hydroxyl groups is 1. The zero-order valence-corrected chi connectivity index (χ0v) is 10.8. The summed E-state index contributed by atoms with van der Waals surface area (Å²) in [5.41, 5.74) is 0.691. The van der Waals surface area contributed by atoms with E-state index in [1.165, 1.54) is 0 Å². The van der Waals surface area contributed by atoms with E-state index >= 15 is 0 Å². The number of benzene rings is 1. The lowest BCUT2D eigenvalue weighted by Crippen LogP contribution is -2.30. The van der Waals surface area contributed by atoms with Crippen LogP contribution in [0.5, 0.6) is 0 Å². The zero-order chi connectivity index (χ0) is 13.0. The van der Waals surface area contributed by atoms with Crippen LogP contribution in [-0.2, 0) is 16.1 Å². The van der Waals surface area contributed by atoms with Crippen molar-refractivity contribution in [1.82, 2.24) is 0 Å². The molecule has 2 rings (SSSR count). The lowest BCUT2D eigenvalue weighted by molar-refractivity contribution is -0.149. The number of rotatable bonds is 4. The van der Waals surface area contributed by atoms with Gasteiger partial charge in [-0.25, -0.2) is 0 Å². The third-order valence-corrected chi connectivity index (χ3v) is 3.82. The van der Waals surface area contributed by atoms with Gasteiger partial charge in [-0.1, -0.05) is 43.7 Å². The summed E-state index contributed by atoms with van der Waals surface area (Å²) in [6.45, 7) is 2.28. The molecule has 1 fully saturated rings. The molecule has 0 radical (unpaired) electrons. The van der Waals surface area contributed by atoms with Crippen molar-refractivity contribution in [3.05, 3.63) is 35.9 Å². The molecule has 3 heteroatoms. The van der Waals surface area contributed by atoms with E-state index in [-0.39, 0.29) is 17.5 Å². The SMILES string of the molecule is CC1(CC(=O)OCc2ccccc2)CCCC1O. The van der Waals surface area contributed by atoms with Gasteiger partial charge in [-0.15, -0.1) is 0 Å². The average Bonchev–Trinajstić information content (AvgIpc) is 2.68. The fraction of sp³-hybridized carbons (Fsp3) is 0.533. The Balaban J connectivity index is 1.82. The smallest absolute Gasteiger partial charge is 0.306 e. The Morgan fingerprint density at radius 2 is 2.17 bits per heavy atom. The fourth-order valence-corrected chi connectivity index (χ4v) is 2.54. The van der Waals surface area contributed by atoms with Crippen LogP contribution in [0.2, 0.25) is 0 Å². The molecular weight excluding hydrogens is 228 g/mol. The van der Waals surface area contributed by atoms with Gasteiger partial charge in [0, 0.05) is 5.41 Å². The predicted octanol–water partition coefficient (Wildman–Crippen LogP) is 2.67. The first-order valence-electron chi connectivity index (χ1n) is 6.48. The van der Waals surface area contributed by atoms with Crippen LogP contribution in [0.4, 0.5) is 0 Å². The minimum atomic E-state index is -0.373. The van der Waals surface area contributed by atoms with Gasteiger partial charge in [0.25, 0.3) is 0 Å². The maximum absolute atomic E-state index is 11.8. The van der Waals surface area contributed by atoms with Crippen LogP contribution in [-0.4, -0.2) is 17.2 Å². The van der Waals surface area contributed by atoms with Crippen molar-refractivity contribution in [2.45, 2.75) is 45.3 Å². The summed E-state index contributed by atoms with van der Waals surface area (Å²) in [5.74, 6) is -0.220. The van der Waals surface area contributed by atoms with Crippen LogP contribution in [0.1, 0.15) is 38.2 Å². The maximum Gasteiger partial charge on any atom is 0.306 e. The van der Waals surface area contributed by atoms with Gasteiger partial charge in [0.1, 0.15) is 6.61 Å². The second-order valence-electron chi connectivity index (χ2n) is 5.39. The number of carbonyl (C=O) groups is 1. The van der Waals surface area contributed by atoms with Gasteiger partial charge >= 0.3 is 5.97 Å². The van der Waals surface area contributed by atoms with Crippen LogP contribution >= 0.6 is 0 Å². The van der Waals surface area contributed by atoms with Crippen molar-refractivity contribution in [2.75, 3.05) is 0 Å². The molecule has 0 amide bonds. The minimum absolute atomic E-state index is 0.220. The Hall–Kier alpha value is -1.35. The first-order chi connectivity index (χ1) is 8.60. The number of hydrogen-bond acceptors (Lipinski definition) is 3. The Morgan fingerprint density at radius 1 is 1.44 bits per heavy atom. The number of aliphatic hydroxyl groups excluding tert-OH is 1.